The van der Waals surface area contributed by atoms with Crippen molar-refractivity contribution in [2.45, 2.75) is 0 Å². The minimum absolute atomic E-state index is 0.0452. The van der Waals surface area contributed by atoms with E-state index in [9.17, 15) is 14.4 Å². The molecule has 0 bridgehead atoms. The van der Waals surface area contributed by atoms with Crippen LogP contribution in [0.1, 0.15) is 5.56 Å². The number of anilines is 1. The van der Waals surface area contributed by atoms with Crippen LogP contribution in [0.4, 0.5) is 10.5 Å². The summed E-state index contributed by atoms with van der Waals surface area (Å²) in [6.07, 6.45) is 2.44. The lowest BCUT2D eigenvalue weighted by atomic mass is 10.2. The highest BCUT2D eigenvalue weighted by Gasteiger charge is 2.26. The number of ether oxygens (including phenoxy) is 2. The van der Waals surface area contributed by atoms with Gasteiger partial charge in [-0.2, -0.15) is 5.10 Å². The summed E-state index contributed by atoms with van der Waals surface area (Å²) in [7, 11) is 1.41. The number of imide groups is 1. The van der Waals surface area contributed by atoms with Crippen LogP contribution in [0.5, 0.6) is 11.5 Å². The van der Waals surface area contributed by atoms with Gasteiger partial charge in [0.1, 0.15) is 0 Å². The number of nitrogens with zero attached hydrogens (tertiary/aromatic N) is 1. The van der Waals surface area contributed by atoms with Gasteiger partial charge in [0.25, 0.3) is 11.1 Å². The Labute approximate surface area is 197 Å². The summed E-state index contributed by atoms with van der Waals surface area (Å²) >= 11 is 11.7. The average Bonchev–Trinajstić information content (AvgIpc) is 3.05. The number of hydrogen-bond acceptors (Lipinski definition) is 8. The van der Waals surface area contributed by atoms with E-state index in [1.807, 2.05) is 0 Å². The van der Waals surface area contributed by atoms with Gasteiger partial charge in [0.15, 0.2) is 16.6 Å². The maximum atomic E-state index is 12.1. The molecule has 3 N–H and O–H groups in total. The Hall–Kier alpha value is -3.41. The third-order valence-electron chi connectivity index (χ3n) is 3.75. The zero-order valence-electron chi connectivity index (χ0n) is 16.4. The second kappa shape index (κ2) is 10.8. The zero-order valence-corrected chi connectivity index (χ0v) is 18.8. The molecular weight excluding hydrogens is 476 g/mol. The molecule has 0 spiro atoms. The smallest absolute Gasteiger partial charge is 0.337 e. The van der Waals surface area contributed by atoms with E-state index in [0.29, 0.717) is 28.0 Å². The van der Waals surface area contributed by atoms with E-state index < -0.39 is 17.1 Å². The largest absolute Gasteiger partial charge is 0.493 e. The van der Waals surface area contributed by atoms with Gasteiger partial charge in [-0.3, -0.25) is 20.3 Å². The SMILES string of the molecule is COc1cc(/C=N/NC(=S)Nc2cccc(Cl)c2)ccc1OC(=O)/C=C1\SC(=O)NC1=O. The second-order valence-electron chi connectivity index (χ2n) is 6.02. The normalized spacial score (nSPS) is 14.4. The van der Waals surface area contributed by atoms with Crippen molar-refractivity contribution < 1.29 is 23.9 Å². The number of hydrazone groups is 1. The minimum atomic E-state index is -0.823. The highest BCUT2D eigenvalue weighted by Crippen LogP contribution is 2.29. The first-order valence-electron chi connectivity index (χ1n) is 8.84. The number of carbonyl (C=O) groups excluding carboxylic acids is 3. The molecule has 12 heteroatoms. The molecule has 164 valence electrons. The molecule has 1 heterocycles. The Morgan fingerprint density at radius 2 is 2.03 bits per heavy atom. The molecule has 0 saturated carbocycles. The van der Waals surface area contributed by atoms with Crippen LogP contribution in [0.15, 0.2) is 58.5 Å². The van der Waals surface area contributed by atoms with Crippen molar-refractivity contribution in [2.75, 3.05) is 12.4 Å². The number of carbonyl (C=O) groups is 3. The zero-order chi connectivity index (χ0) is 23.1. The second-order valence-corrected chi connectivity index (χ2v) is 7.88. The molecule has 9 nitrogen and oxygen atoms in total. The van der Waals surface area contributed by atoms with Crippen molar-refractivity contribution in [3.05, 3.63) is 64.0 Å². The fourth-order valence-corrected chi connectivity index (χ4v) is 3.41. The summed E-state index contributed by atoms with van der Waals surface area (Å²) in [6.45, 7) is 0. The number of hydrogen-bond donors (Lipinski definition) is 3. The van der Waals surface area contributed by atoms with Gasteiger partial charge >= 0.3 is 5.97 Å². The number of rotatable bonds is 6. The van der Waals surface area contributed by atoms with Crippen molar-refractivity contribution in [3.8, 4) is 11.5 Å². The number of thioether (sulfide) groups is 1. The summed E-state index contributed by atoms with van der Waals surface area (Å²) in [5, 5.41) is 9.33. The molecule has 2 aromatic rings. The van der Waals surface area contributed by atoms with Crippen LogP contribution in [-0.4, -0.2) is 35.6 Å². The summed E-state index contributed by atoms with van der Waals surface area (Å²) in [5.74, 6) is -1.07. The van der Waals surface area contributed by atoms with Crippen LogP contribution < -0.4 is 25.5 Å². The fourth-order valence-electron chi connectivity index (χ4n) is 2.41. The number of nitrogens with one attached hydrogen (secondary N) is 3. The van der Waals surface area contributed by atoms with Gasteiger partial charge in [-0.1, -0.05) is 17.7 Å². The van der Waals surface area contributed by atoms with Gasteiger partial charge < -0.3 is 14.8 Å². The Morgan fingerprint density at radius 1 is 1.22 bits per heavy atom. The number of esters is 1. The van der Waals surface area contributed by atoms with E-state index >= 15 is 0 Å². The lowest BCUT2D eigenvalue weighted by molar-refractivity contribution is -0.129. The molecule has 1 aliphatic rings. The van der Waals surface area contributed by atoms with Crippen LogP contribution in [0.25, 0.3) is 0 Å². The molecule has 0 aromatic heterocycles. The summed E-state index contributed by atoms with van der Waals surface area (Å²) in [4.78, 5) is 34.7. The van der Waals surface area contributed by atoms with Gasteiger partial charge in [0.05, 0.1) is 18.2 Å². The monoisotopic (exact) mass is 490 g/mol. The first-order chi connectivity index (χ1) is 15.3. The molecule has 0 unspecified atom stereocenters. The maximum absolute atomic E-state index is 12.1. The van der Waals surface area contributed by atoms with E-state index in [0.717, 1.165) is 6.08 Å². The van der Waals surface area contributed by atoms with Crippen molar-refractivity contribution >= 4 is 69.7 Å². The van der Waals surface area contributed by atoms with Gasteiger partial charge in [-0.15, -0.1) is 0 Å². The molecule has 1 saturated heterocycles. The molecule has 0 atom stereocenters. The predicted molar refractivity (Wildman–Crippen MR) is 126 cm³/mol. The van der Waals surface area contributed by atoms with Crippen LogP contribution in [-0.2, 0) is 9.59 Å². The third kappa shape index (κ3) is 6.54. The van der Waals surface area contributed by atoms with Crippen LogP contribution in [0.3, 0.4) is 0 Å². The van der Waals surface area contributed by atoms with E-state index in [-0.39, 0.29) is 21.5 Å². The summed E-state index contributed by atoms with van der Waals surface area (Å²) < 4.78 is 10.5. The fraction of sp³-hybridized carbons (Fsp3) is 0.0500. The van der Waals surface area contributed by atoms with Crippen molar-refractivity contribution in [1.29, 1.82) is 0 Å². The van der Waals surface area contributed by atoms with Crippen LogP contribution in [0, 0.1) is 0 Å². The predicted octanol–water partition coefficient (Wildman–Crippen LogP) is 3.44. The number of thiocarbonyl (C=S) groups is 1. The molecule has 3 rings (SSSR count). The van der Waals surface area contributed by atoms with E-state index in [1.165, 1.54) is 19.4 Å². The van der Waals surface area contributed by atoms with Gasteiger partial charge in [0.2, 0.25) is 0 Å². The Kier molecular flexibility index (Phi) is 7.82. The molecule has 1 aliphatic heterocycles. The van der Waals surface area contributed by atoms with Crippen molar-refractivity contribution in [1.82, 2.24) is 10.7 Å². The topological polar surface area (TPSA) is 118 Å². The third-order valence-corrected chi connectivity index (χ3v) is 4.99. The number of halogens is 1. The van der Waals surface area contributed by atoms with Gasteiger partial charge in [-0.25, -0.2) is 4.79 Å². The van der Waals surface area contributed by atoms with Crippen molar-refractivity contribution in [2.24, 2.45) is 5.10 Å². The number of methoxy groups -OCH3 is 1. The molecule has 1 fully saturated rings. The van der Waals surface area contributed by atoms with Crippen LogP contribution in [0.2, 0.25) is 5.02 Å². The van der Waals surface area contributed by atoms with E-state index in [2.05, 4.69) is 21.2 Å². The van der Waals surface area contributed by atoms with E-state index in [1.54, 1.807) is 36.4 Å². The maximum Gasteiger partial charge on any atom is 0.337 e. The van der Waals surface area contributed by atoms with Gasteiger partial charge in [-0.05, 0) is 65.9 Å². The van der Waals surface area contributed by atoms with Gasteiger partial charge in [0, 0.05) is 16.8 Å². The highest BCUT2D eigenvalue weighted by atomic mass is 35.5. The molecule has 0 radical (unpaired) electrons. The summed E-state index contributed by atoms with van der Waals surface area (Å²) in [6, 6.07) is 11.8. The molecular formula is C20H15ClN4O5S2. The molecule has 2 amide bonds. The molecule has 2 aromatic carbocycles. The lowest BCUT2D eigenvalue weighted by Gasteiger charge is -2.09. The first kappa shape index (κ1) is 23.3. The average molecular weight is 491 g/mol. The Morgan fingerprint density at radius 3 is 2.72 bits per heavy atom. The summed E-state index contributed by atoms with van der Waals surface area (Å²) in [5.41, 5.74) is 4.02. The van der Waals surface area contributed by atoms with Crippen molar-refractivity contribution in [3.63, 3.8) is 0 Å². The molecule has 32 heavy (non-hydrogen) atoms. The number of amides is 2. The number of benzene rings is 2. The lowest BCUT2D eigenvalue weighted by Crippen LogP contribution is -2.23. The van der Waals surface area contributed by atoms with E-state index in [4.69, 9.17) is 33.3 Å². The highest BCUT2D eigenvalue weighted by molar-refractivity contribution is 8.18. The Bertz CT molecular complexity index is 1150. The first-order valence-corrected chi connectivity index (χ1v) is 10.4. The standard InChI is InChI=1S/C20H15ClN4O5S2/c1-29-15-7-11(10-22-25-19(31)23-13-4-2-3-12(21)8-13)5-6-14(15)30-17(26)9-16-18(27)24-20(28)32-16/h2-10H,1H3,(H2,23,25,31)(H,24,27,28)/b16-9-,22-10+. The minimum Gasteiger partial charge on any atom is -0.493 e. The quantitative estimate of drug-likeness (QED) is 0.140. The van der Waals surface area contributed by atoms with Crippen LogP contribution >= 0.6 is 35.6 Å². The Balaban J connectivity index is 1.60. The molecule has 0 aliphatic carbocycles.